The molecule has 0 saturated carbocycles. The van der Waals surface area contributed by atoms with E-state index in [0.717, 1.165) is 16.7 Å². The van der Waals surface area contributed by atoms with Gasteiger partial charge in [-0.2, -0.15) is 0 Å². The molecule has 0 radical (unpaired) electrons. The van der Waals surface area contributed by atoms with Crippen LogP contribution in [-0.4, -0.2) is 6.29 Å². The smallest absolute Gasteiger partial charge is 0.123 e. The first kappa shape index (κ1) is 14.7. The Labute approximate surface area is 121 Å². The van der Waals surface area contributed by atoms with E-state index in [2.05, 4.69) is 0 Å². The third kappa shape index (κ3) is 4.17. The summed E-state index contributed by atoms with van der Waals surface area (Å²) in [7, 11) is 0. The highest BCUT2D eigenvalue weighted by Crippen LogP contribution is 2.38. The van der Waals surface area contributed by atoms with E-state index in [-0.39, 0.29) is 16.9 Å². The lowest BCUT2D eigenvalue weighted by Crippen LogP contribution is -1.95. The molecule has 0 spiro atoms. The maximum absolute atomic E-state index is 13.0. The number of halogens is 2. The summed E-state index contributed by atoms with van der Waals surface area (Å²) >= 11 is 1.55. The minimum Gasteiger partial charge on any atom is -0.303 e. The average Bonchev–Trinajstić information content (AvgIpc) is 2.46. The Bertz CT molecular complexity index is 552. The highest BCUT2D eigenvalue weighted by atomic mass is 32.2. The summed E-state index contributed by atoms with van der Waals surface area (Å²) in [6.45, 7) is 0. The molecule has 0 N–H and O–H groups in total. The van der Waals surface area contributed by atoms with Gasteiger partial charge < -0.3 is 4.79 Å². The van der Waals surface area contributed by atoms with Gasteiger partial charge in [-0.05, 0) is 48.4 Å². The average molecular weight is 292 g/mol. The molecule has 0 fully saturated rings. The lowest BCUT2D eigenvalue weighted by atomic mass is 10.1. The molecule has 0 bridgehead atoms. The van der Waals surface area contributed by atoms with E-state index < -0.39 is 0 Å². The molecule has 2 aromatic rings. The summed E-state index contributed by atoms with van der Waals surface area (Å²) < 4.78 is 25.9. The normalized spacial score (nSPS) is 12.1. The van der Waals surface area contributed by atoms with Crippen molar-refractivity contribution in [3.8, 4) is 0 Å². The molecule has 0 amide bonds. The van der Waals surface area contributed by atoms with E-state index in [0.29, 0.717) is 12.8 Å². The highest BCUT2D eigenvalue weighted by Gasteiger charge is 2.13. The molecular formula is C16H14F2OS. The first-order chi connectivity index (χ1) is 9.69. The van der Waals surface area contributed by atoms with Crippen molar-refractivity contribution < 1.29 is 13.6 Å². The Hall–Kier alpha value is -1.68. The van der Waals surface area contributed by atoms with Crippen LogP contribution in [0.4, 0.5) is 8.78 Å². The maximum atomic E-state index is 13.0. The van der Waals surface area contributed by atoms with Crippen molar-refractivity contribution in [3.05, 3.63) is 65.7 Å². The molecule has 2 aromatic carbocycles. The molecule has 20 heavy (non-hydrogen) atoms. The molecule has 1 nitrogen and oxygen atoms in total. The van der Waals surface area contributed by atoms with E-state index in [9.17, 15) is 13.6 Å². The van der Waals surface area contributed by atoms with E-state index >= 15 is 0 Å². The maximum Gasteiger partial charge on any atom is 0.123 e. The van der Waals surface area contributed by atoms with Crippen LogP contribution in [0.25, 0.3) is 0 Å². The minimum absolute atomic E-state index is 0.0475. The van der Waals surface area contributed by atoms with Crippen molar-refractivity contribution in [1.29, 1.82) is 0 Å². The van der Waals surface area contributed by atoms with Crippen LogP contribution in [-0.2, 0) is 4.79 Å². The van der Waals surface area contributed by atoms with Crippen LogP contribution in [0.1, 0.15) is 23.7 Å². The first-order valence-electron chi connectivity index (χ1n) is 6.30. The topological polar surface area (TPSA) is 17.1 Å². The monoisotopic (exact) mass is 292 g/mol. The van der Waals surface area contributed by atoms with Gasteiger partial charge in [0, 0.05) is 16.6 Å². The van der Waals surface area contributed by atoms with Crippen molar-refractivity contribution >= 4 is 18.0 Å². The largest absolute Gasteiger partial charge is 0.303 e. The van der Waals surface area contributed by atoms with Gasteiger partial charge in [0.25, 0.3) is 0 Å². The minimum atomic E-state index is -0.283. The van der Waals surface area contributed by atoms with E-state index in [1.165, 1.54) is 24.3 Å². The van der Waals surface area contributed by atoms with Crippen molar-refractivity contribution in [1.82, 2.24) is 0 Å². The Morgan fingerprint density at radius 3 is 2.05 bits per heavy atom. The number of thioether (sulfide) groups is 1. The van der Waals surface area contributed by atoms with Crippen LogP contribution >= 0.6 is 11.8 Å². The molecule has 2 rings (SSSR count). The predicted molar refractivity (Wildman–Crippen MR) is 76.7 cm³/mol. The summed E-state index contributed by atoms with van der Waals surface area (Å²) in [5.74, 6) is -0.560. The zero-order chi connectivity index (χ0) is 14.4. The van der Waals surface area contributed by atoms with E-state index in [1.54, 1.807) is 36.0 Å². The van der Waals surface area contributed by atoms with E-state index in [4.69, 9.17) is 0 Å². The number of aldehydes is 1. The Morgan fingerprint density at radius 1 is 0.950 bits per heavy atom. The van der Waals surface area contributed by atoms with Crippen molar-refractivity contribution in [2.24, 2.45) is 0 Å². The summed E-state index contributed by atoms with van der Waals surface area (Å²) in [5, 5.41) is 0.0475. The van der Waals surface area contributed by atoms with Gasteiger partial charge in [-0.3, -0.25) is 0 Å². The number of carbonyl (C=O) groups is 1. The second-order valence-electron chi connectivity index (χ2n) is 4.36. The molecule has 0 aromatic heterocycles. The highest BCUT2D eigenvalue weighted by molar-refractivity contribution is 7.99. The fourth-order valence-electron chi connectivity index (χ4n) is 1.87. The zero-order valence-electron chi connectivity index (χ0n) is 10.8. The van der Waals surface area contributed by atoms with Crippen LogP contribution < -0.4 is 0 Å². The number of hydrogen-bond acceptors (Lipinski definition) is 2. The van der Waals surface area contributed by atoms with Crippen LogP contribution in [0.3, 0.4) is 0 Å². The van der Waals surface area contributed by atoms with Gasteiger partial charge in [-0.25, -0.2) is 8.78 Å². The zero-order valence-corrected chi connectivity index (χ0v) is 11.6. The summed E-state index contributed by atoms with van der Waals surface area (Å²) in [6.07, 6.45) is 1.98. The molecule has 4 heteroatoms. The van der Waals surface area contributed by atoms with Crippen LogP contribution in [0.5, 0.6) is 0 Å². The summed E-state index contributed by atoms with van der Waals surface area (Å²) in [6, 6.07) is 12.5. The lowest BCUT2D eigenvalue weighted by molar-refractivity contribution is -0.107. The van der Waals surface area contributed by atoms with Gasteiger partial charge in [-0.15, -0.1) is 11.8 Å². The summed E-state index contributed by atoms with van der Waals surface area (Å²) in [4.78, 5) is 11.5. The lowest BCUT2D eigenvalue weighted by Gasteiger charge is -2.16. The van der Waals surface area contributed by atoms with Crippen LogP contribution in [0.2, 0.25) is 0 Å². The standard InChI is InChI=1S/C16H14F2OS/c17-13-5-3-12(4-6-13)16(2-1-11-19)20-15-9-7-14(18)8-10-15/h3-11,16H,1-2H2. The second kappa shape index (κ2) is 7.20. The van der Waals surface area contributed by atoms with Gasteiger partial charge in [0.2, 0.25) is 0 Å². The molecule has 0 heterocycles. The van der Waals surface area contributed by atoms with Crippen LogP contribution in [0.15, 0.2) is 53.4 Å². The molecule has 0 saturated heterocycles. The third-order valence-corrected chi connectivity index (χ3v) is 4.22. The van der Waals surface area contributed by atoms with Gasteiger partial charge in [-0.1, -0.05) is 12.1 Å². The molecule has 0 aliphatic rings. The molecular weight excluding hydrogens is 278 g/mol. The van der Waals surface area contributed by atoms with Crippen LogP contribution in [0, 0.1) is 11.6 Å². The van der Waals surface area contributed by atoms with Gasteiger partial charge in [0.05, 0.1) is 0 Å². The molecule has 0 aliphatic heterocycles. The molecule has 0 aliphatic carbocycles. The van der Waals surface area contributed by atoms with Crippen molar-refractivity contribution in [2.75, 3.05) is 0 Å². The first-order valence-corrected chi connectivity index (χ1v) is 7.18. The quantitative estimate of drug-likeness (QED) is 0.563. The van der Waals surface area contributed by atoms with Crippen molar-refractivity contribution in [3.63, 3.8) is 0 Å². The second-order valence-corrected chi connectivity index (χ2v) is 5.63. The number of hydrogen-bond donors (Lipinski definition) is 0. The predicted octanol–water partition coefficient (Wildman–Crippen LogP) is 4.78. The van der Waals surface area contributed by atoms with Crippen molar-refractivity contribution in [2.45, 2.75) is 23.0 Å². The number of benzene rings is 2. The molecule has 1 unspecified atom stereocenters. The number of carbonyl (C=O) groups excluding carboxylic acids is 1. The summed E-state index contributed by atoms with van der Waals surface area (Å²) in [5.41, 5.74) is 0.961. The van der Waals surface area contributed by atoms with Gasteiger partial charge in [0.1, 0.15) is 17.9 Å². The third-order valence-electron chi connectivity index (χ3n) is 2.88. The Morgan fingerprint density at radius 2 is 1.50 bits per heavy atom. The Kier molecular flexibility index (Phi) is 5.30. The molecule has 1 atom stereocenters. The fraction of sp³-hybridized carbons (Fsp3) is 0.188. The van der Waals surface area contributed by atoms with E-state index in [1.807, 2.05) is 0 Å². The molecule has 104 valence electrons. The Balaban J connectivity index is 2.16. The van der Waals surface area contributed by atoms with Gasteiger partial charge >= 0.3 is 0 Å². The SMILES string of the molecule is O=CCCC(Sc1ccc(F)cc1)c1ccc(F)cc1. The fourth-order valence-corrected chi connectivity index (χ4v) is 3.04. The number of rotatable bonds is 6. The van der Waals surface area contributed by atoms with Gasteiger partial charge in [0.15, 0.2) is 0 Å².